The molecule has 0 spiro atoms. The fraction of sp³-hybridized carbons (Fsp3) is 0.235. The quantitative estimate of drug-likeness (QED) is 0.758. The van der Waals surface area contributed by atoms with Crippen LogP contribution in [0.25, 0.3) is 0 Å². The Hall–Kier alpha value is -2.08. The third-order valence-corrected chi connectivity index (χ3v) is 3.70. The van der Waals surface area contributed by atoms with Crippen molar-refractivity contribution in [3.63, 3.8) is 0 Å². The van der Waals surface area contributed by atoms with Gasteiger partial charge in [0.05, 0.1) is 19.3 Å². The molecule has 2 aromatic rings. The molecule has 0 saturated carbocycles. The second-order valence-corrected chi connectivity index (χ2v) is 5.35. The number of amides is 2. The lowest BCUT2D eigenvalue weighted by molar-refractivity contribution is 0.185. The molecule has 2 amide bonds. The van der Waals surface area contributed by atoms with Gasteiger partial charge in [0.15, 0.2) is 0 Å². The van der Waals surface area contributed by atoms with Crippen LogP contribution in [-0.2, 0) is 11.3 Å². The summed E-state index contributed by atoms with van der Waals surface area (Å²) in [5.74, 6) is 0. The summed E-state index contributed by atoms with van der Waals surface area (Å²) in [5.41, 5.74) is 2.10. The molecule has 0 saturated heterocycles. The van der Waals surface area contributed by atoms with Crippen molar-refractivity contribution in [2.45, 2.75) is 12.6 Å². The van der Waals surface area contributed by atoms with Crippen molar-refractivity contribution in [3.05, 3.63) is 64.7 Å². The first-order chi connectivity index (χ1) is 11.2. The zero-order valence-corrected chi connectivity index (χ0v) is 13.5. The first kappa shape index (κ1) is 17.3. The van der Waals surface area contributed by atoms with Crippen molar-refractivity contribution in [3.8, 4) is 0 Å². The van der Waals surface area contributed by atoms with Crippen molar-refractivity contribution in [1.82, 2.24) is 5.32 Å². The molecule has 5 nitrogen and oxygen atoms in total. The summed E-state index contributed by atoms with van der Waals surface area (Å²) in [6, 6.07) is 13.6. The second kappa shape index (κ2) is 8.53. The molecule has 0 radical (unpaired) electrons. The Morgan fingerprint density at radius 1 is 1.22 bits per heavy atom. The number of methoxy groups -OCH3 is 1. The van der Waals surface area contributed by atoms with Crippen molar-refractivity contribution < 1.29 is 14.6 Å². The highest BCUT2D eigenvalue weighted by Crippen LogP contribution is 2.25. The summed E-state index contributed by atoms with van der Waals surface area (Å²) in [7, 11) is 1.56. The van der Waals surface area contributed by atoms with Gasteiger partial charge >= 0.3 is 6.03 Å². The van der Waals surface area contributed by atoms with Gasteiger partial charge in [-0.1, -0.05) is 48.0 Å². The Morgan fingerprint density at radius 2 is 1.96 bits per heavy atom. The van der Waals surface area contributed by atoms with Crippen LogP contribution in [-0.4, -0.2) is 24.9 Å². The van der Waals surface area contributed by atoms with Gasteiger partial charge in [-0.25, -0.2) is 4.79 Å². The van der Waals surface area contributed by atoms with Crippen molar-refractivity contribution >= 4 is 23.3 Å². The van der Waals surface area contributed by atoms with Crippen LogP contribution >= 0.6 is 11.6 Å². The SMILES string of the molecule is COCc1c(Cl)cccc1NC(=O)NC(CO)c1ccccc1. The zero-order valence-electron chi connectivity index (χ0n) is 12.8. The summed E-state index contributed by atoms with van der Waals surface area (Å²) < 4.78 is 5.11. The molecule has 122 valence electrons. The molecule has 0 aliphatic rings. The third-order valence-electron chi connectivity index (χ3n) is 3.35. The zero-order chi connectivity index (χ0) is 16.7. The lowest BCUT2D eigenvalue weighted by Gasteiger charge is -2.18. The van der Waals surface area contributed by atoms with E-state index in [1.165, 1.54) is 0 Å². The molecule has 6 heteroatoms. The average Bonchev–Trinajstić information content (AvgIpc) is 2.56. The van der Waals surface area contributed by atoms with Crippen LogP contribution < -0.4 is 10.6 Å². The van der Waals surface area contributed by atoms with Gasteiger partial charge in [-0.3, -0.25) is 0 Å². The lowest BCUT2D eigenvalue weighted by Crippen LogP contribution is -2.34. The van der Waals surface area contributed by atoms with Crippen LogP contribution in [0, 0.1) is 0 Å². The van der Waals surface area contributed by atoms with E-state index in [0.29, 0.717) is 16.3 Å². The van der Waals surface area contributed by atoms with Crippen molar-refractivity contribution in [2.75, 3.05) is 19.0 Å². The van der Waals surface area contributed by atoms with E-state index < -0.39 is 12.1 Å². The van der Waals surface area contributed by atoms with Gasteiger partial charge in [-0.15, -0.1) is 0 Å². The van der Waals surface area contributed by atoms with E-state index in [4.69, 9.17) is 16.3 Å². The fourth-order valence-corrected chi connectivity index (χ4v) is 2.43. The number of rotatable bonds is 6. The monoisotopic (exact) mass is 334 g/mol. The first-order valence-corrected chi connectivity index (χ1v) is 7.53. The Morgan fingerprint density at radius 3 is 2.61 bits per heavy atom. The molecule has 0 aliphatic carbocycles. The standard InChI is InChI=1S/C17H19ClN2O3/c1-23-11-13-14(18)8-5-9-15(13)19-17(22)20-16(10-21)12-6-3-2-4-7-12/h2-9,16,21H,10-11H2,1H3,(H2,19,20,22). The Labute approximate surface area is 140 Å². The lowest BCUT2D eigenvalue weighted by atomic mass is 10.1. The van der Waals surface area contributed by atoms with Gasteiger partial charge < -0.3 is 20.5 Å². The summed E-state index contributed by atoms with van der Waals surface area (Å²) in [6.45, 7) is 0.0926. The number of hydrogen-bond donors (Lipinski definition) is 3. The second-order valence-electron chi connectivity index (χ2n) is 4.94. The Balaban J connectivity index is 2.09. The minimum atomic E-state index is -0.485. The molecule has 23 heavy (non-hydrogen) atoms. The summed E-state index contributed by atoms with van der Waals surface area (Å²) in [5, 5.41) is 15.5. The first-order valence-electron chi connectivity index (χ1n) is 7.15. The molecular formula is C17H19ClN2O3. The topological polar surface area (TPSA) is 70.6 Å². The van der Waals surface area contributed by atoms with E-state index in [1.807, 2.05) is 30.3 Å². The number of hydrogen-bond acceptors (Lipinski definition) is 3. The molecule has 3 N–H and O–H groups in total. The van der Waals surface area contributed by atoms with Gasteiger partial charge in [0.2, 0.25) is 0 Å². The molecule has 1 atom stereocenters. The van der Waals surface area contributed by atoms with Crippen LogP contribution in [0.5, 0.6) is 0 Å². The van der Waals surface area contributed by atoms with Gasteiger partial charge in [-0.2, -0.15) is 0 Å². The molecule has 0 heterocycles. The largest absolute Gasteiger partial charge is 0.394 e. The van der Waals surface area contributed by atoms with E-state index in [-0.39, 0.29) is 13.2 Å². The smallest absolute Gasteiger partial charge is 0.319 e. The van der Waals surface area contributed by atoms with Crippen LogP contribution in [0.4, 0.5) is 10.5 Å². The normalized spacial score (nSPS) is 11.8. The molecule has 1 unspecified atom stereocenters. The van der Waals surface area contributed by atoms with Crippen LogP contribution in [0.15, 0.2) is 48.5 Å². The summed E-state index contributed by atoms with van der Waals surface area (Å²) in [4.78, 5) is 12.2. The minimum Gasteiger partial charge on any atom is -0.394 e. The number of aliphatic hydroxyl groups excluding tert-OH is 1. The highest BCUT2D eigenvalue weighted by molar-refractivity contribution is 6.31. The maximum Gasteiger partial charge on any atom is 0.319 e. The Bertz CT molecular complexity index is 650. The van der Waals surface area contributed by atoms with Gasteiger partial charge in [0.25, 0.3) is 0 Å². The average molecular weight is 335 g/mol. The van der Waals surface area contributed by atoms with Crippen molar-refractivity contribution in [1.29, 1.82) is 0 Å². The number of halogens is 1. The van der Waals surface area contributed by atoms with E-state index in [1.54, 1.807) is 25.3 Å². The molecule has 2 rings (SSSR count). The predicted octanol–water partition coefficient (Wildman–Crippen LogP) is 3.34. The maximum absolute atomic E-state index is 12.2. The fourth-order valence-electron chi connectivity index (χ4n) is 2.20. The summed E-state index contributed by atoms with van der Waals surface area (Å²) >= 11 is 6.13. The number of anilines is 1. The third kappa shape index (κ3) is 4.69. The molecule has 2 aromatic carbocycles. The number of carbonyl (C=O) groups excluding carboxylic acids is 1. The highest BCUT2D eigenvalue weighted by atomic mass is 35.5. The van der Waals surface area contributed by atoms with Crippen LogP contribution in [0.1, 0.15) is 17.2 Å². The number of carbonyl (C=O) groups is 1. The van der Waals surface area contributed by atoms with E-state index in [0.717, 1.165) is 5.56 Å². The molecule has 0 aromatic heterocycles. The van der Waals surface area contributed by atoms with E-state index >= 15 is 0 Å². The molecule has 0 aliphatic heterocycles. The summed E-state index contributed by atoms with van der Waals surface area (Å²) in [6.07, 6.45) is 0. The van der Waals surface area contributed by atoms with Gasteiger partial charge in [0, 0.05) is 23.4 Å². The van der Waals surface area contributed by atoms with E-state index in [9.17, 15) is 9.90 Å². The number of urea groups is 1. The molecule has 0 fully saturated rings. The van der Waals surface area contributed by atoms with Crippen molar-refractivity contribution in [2.24, 2.45) is 0 Å². The van der Waals surface area contributed by atoms with E-state index in [2.05, 4.69) is 10.6 Å². The Kier molecular flexibility index (Phi) is 6.40. The minimum absolute atomic E-state index is 0.197. The van der Waals surface area contributed by atoms with Crippen LogP contribution in [0.3, 0.4) is 0 Å². The van der Waals surface area contributed by atoms with Crippen LogP contribution in [0.2, 0.25) is 5.02 Å². The maximum atomic E-state index is 12.2. The number of aliphatic hydroxyl groups is 1. The molecular weight excluding hydrogens is 316 g/mol. The number of ether oxygens (including phenoxy) is 1. The number of nitrogens with one attached hydrogen (secondary N) is 2. The van der Waals surface area contributed by atoms with Gasteiger partial charge in [-0.05, 0) is 17.7 Å². The molecule has 0 bridgehead atoms. The van der Waals surface area contributed by atoms with Gasteiger partial charge in [0.1, 0.15) is 0 Å². The predicted molar refractivity (Wildman–Crippen MR) is 90.6 cm³/mol. The number of benzene rings is 2. The highest BCUT2D eigenvalue weighted by Gasteiger charge is 2.15.